The molecule has 2 N–H and O–H groups in total. The molecule has 96 valence electrons. The number of hydrogen-bond donors (Lipinski definition) is 2. The van der Waals surface area contributed by atoms with E-state index in [1.807, 2.05) is 18.4 Å². The van der Waals surface area contributed by atoms with E-state index in [-0.39, 0.29) is 11.8 Å². The third-order valence-corrected chi connectivity index (χ3v) is 5.45. The number of thiophene rings is 1. The van der Waals surface area contributed by atoms with Crippen LogP contribution >= 0.6 is 11.3 Å². The number of rotatable bonds is 5. The summed E-state index contributed by atoms with van der Waals surface area (Å²) in [5, 5.41) is 5.18. The van der Waals surface area contributed by atoms with Gasteiger partial charge in [-0.3, -0.25) is 0 Å². The summed E-state index contributed by atoms with van der Waals surface area (Å²) < 4.78 is 26.4. The van der Waals surface area contributed by atoms with Crippen molar-refractivity contribution in [2.45, 2.75) is 32.4 Å². The average Bonchev–Trinajstić information content (AvgIpc) is 2.87. The van der Waals surface area contributed by atoms with Crippen LogP contribution in [0, 0.1) is 6.92 Å². The highest BCUT2D eigenvalue weighted by atomic mass is 32.2. The molecule has 0 spiro atoms. The highest BCUT2D eigenvalue weighted by molar-refractivity contribution is 7.89. The first-order valence-electron chi connectivity index (χ1n) is 5.80. The van der Waals surface area contributed by atoms with Crippen LogP contribution in [0.15, 0.2) is 11.4 Å². The quantitative estimate of drug-likeness (QED) is 0.849. The van der Waals surface area contributed by atoms with E-state index >= 15 is 0 Å². The number of sulfonamides is 1. The molecule has 1 aliphatic heterocycles. The van der Waals surface area contributed by atoms with E-state index < -0.39 is 10.0 Å². The van der Waals surface area contributed by atoms with E-state index in [2.05, 4.69) is 10.0 Å². The Balaban J connectivity index is 1.87. The highest BCUT2D eigenvalue weighted by Crippen LogP contribution is 2.15. The molecular weight excluding hydrogens is 256 g/mol. The summed E-state index contributed by atoms with van der Waals surface area (Å²) in [5.41, 5.74) is 1.15. The lowest BCUT2D eigenvalue weighted by molar-refractivity contribution is 0.564. The topological polar surface area (TPSA) is 58.2 Å². The zero-order chi connectivity index (χ0) is 12.3. The Morgan fingerprint density at radius 1 is 1.59 bits per heavy atom. The summed E-state index contributed by atoms with van der Waals surface area (Å²) in [6.07, 6.45) is 2.03. The van der Waals surface area contributed by atoms with Gasteiger partial charge in [0, 0.05) is 17.5 Å². The fourth-order valence-electron chi connectivity index (χ4n) is 1.98. The zero-order valence-electron chi connectivity index (χ0n) is 9.90. The molecule has 0 saturated carbocycles. The van der Waals surface area contributed by atoms with E-state index in [0.717, 1.165) is 29.8 Å². The molecule has 0 aromatic carbocycles. The molecule has 0 radical (unpaired) electrons. The highest BCUT2D eigenvalue weighted by Gasteiger charge is 2.21. The smallest absolute Gasteiger partial charge is 0.213 e. The lowest BCUT2D eigenvalue weighted by Gasteiger charge is -2.11. The van der Waals surface area contributed by atoms with Gasteiger partial charge in [0.25, 0.3) is 0 Å². The zero-order valence-corrected chi connectivity index (χ0v) is 11.5. The molecule has 6 heteroatoms. The molecule has 17 heavy (non-hydrogen) atoms. The third-order valence-electron chi connectivity index (χ3n) is 3.00. The summed E-state index contributed by atoms with van der Waals surface area (Å²) in [6.45, 7) is 3.35. The van der Waals surface area contributed by atoms with Gasteiger partial charge in [0.15, 0.2) is 0 Å². The summed E-state index contributed by atoms with van der Waals surface area (Å²) in [6, 6.07) is 2.13. The number of aryl methyl sites for hydroxylation is 1. The molecule has 1 atom stereocenters. The van der Waals surface area contributed by atoms with Crippen molar-refractivity contribution in [1.82, 2.24) is 10.0 Å². The maximum absolute atomic E-state index is 11.8. The Kier molecular flexibility index (Phi) is 4.19. The summed E-state index contributed by atoms with van der Waals surface area (Å²) in [7, 11) is -3.16. The number of hydrogen-bond acceptors (Lipinski definition) is 4. The molecule has 2 rings (SSSR count). The standard InChI is InChI=1S/C11H18N2O2S2/c1-9-4-6-16-11(9)7-13-17(14,15)8-10-3-2-5-12-10/h4,6,10,12-13H,2-3,5,7-8H2,1H3. The minimum absolute atomic E-state index is 0.122. The molecular formula is C11H18N2O2S2. The van der Waals surface area contributed by atoms with Crippen molar-refractivity contribution in [2.75, 3.05) is 12.3 Å². The van der Waals surface area contributed by atoms with Gasteiger partial charge in [0.1, 0.15) is 0 Å². The van der Waals surface area contributed by atoms with Crippen LogP contribution in [0.3, 0.4) is 0 Å². The largest absolute Gasteiger partial charge is 0.313 e. The van der Waals surface area contributed by atoms with Crippen molar-refractivity contribution in [3.63, 3.8) is 0 Å². The fraction of sp³-hybridized carbons (Fsp3) is 0.636. The van der Waals surface area contributed by atoms with Crippen molar-refractivity contribution >= 4 is 21.4 Å². The second-order valence-electron chi connectivity index (χ2n) is 4.42. The maximum Gasteiger partial charge on any atom is 0.213 e. The Morgan fingerprint density at radius 2 is 2.41 bits per heavy atom. The van der Waals surface area contributed by atoms with E-state index in [4.69, 9.17) is 0 Å². The lowest BCUT2D eigenvalue weighted by atomic mass is 10.3. The molecule has 1 fully saturated rings. The van der Waals surface area contributed by atoms with Gasteiger partial charge in [-0.15, -0.1) is 11.3 Å². The predicted molar refractivity (Wildman–Crippen MR) is 70.7 cm³/mol. The van der Waals surface area contributed by atoms with Gasteiger partial charge in [-0.25, -0.2) is 13.1 Å². The molecule has 4 nitrogen and oxygen atoms in total. The summed E-state index contributed by atoms with van der Waals surface area (Å²) in [4.78, 5) is 1.09. The fourth-order valence-corrected chi connectivity index (χ4v) is 4.22. The molecule has 2 heterocycles. The maximum atomic E-state index is 11.8. The average molecular weight is 274 g/mol. The molecule has 1 unspecified atom stereocenters. The SMILES string of the molecule is Cc1ccsc1CNS(=O)(=O)CC1CCCN1. The second kappa shape index (κ2) is 5.48. The van der Waals surface area contributed by atoms with Crippen LogP contribution in [0.2, 0.25) is 0 Å². The Labute approximate surface area is 106 Å². The first kappa shape index (κ1) is 13.0. The van der Waals surface area contributed by atoms with Crippen LogP contribution in [0.25, 0.3) is 0 Å². The first-order valence-corrected chi connectivity index (χ1v) is 8.34. The first-order chi connectivity index (χ1) is 8.07. The van der Waals surface area contributed by atoms with Gasteiger partial charge in [0.2, 0.25) is 10.0 Å². The molecule has 1 aromatic heterocycles. The molecule has 1 aliphatic rings. The van der Waals surface area contributed by atoms with Gasteiger partial charge in [-0.1, -0.05) is 0 Å². The normalized spacial score (nSPS) is 20.9. The molecule has 0 amide bonds. The third kappa shape index (κ3) is 3.77. The van der Waals surface area contributed by atoms with Gasteiger partial charge in [0.05, 0.1) is 5.75 Å². The molecule has 0 aliphatic carbocycles. The van der Waals surface area contributed by atoms with Gasteiger partial charge in [-0.05, 0) is 43.3 Å². The van der Waals surface area contributed by atoms with E-state index in [0.29, 0.717) is 6.54 Å². The van der Waals surface area contributed by atoms with Crippen molar-refractivity contribution in [1.29, 1.82) is 0 Å². The summed E-state index contributed by atoms with van der Waals surface area (Å²) in [5.74, 6) is 0.192. The van der Waals surface area contributed by atoms with Crippen LogP contribution in [0.4, 0.5) is 0 Å². The predicted octanol–water partition coefficient (Wildman–Crippen LogP) is 1.23. The lowest BCUT2D eigenvalue weighted by Crippen LogP contribution is -2.36. The minimum atomic E-state index is -3.16. The van der Waals surface area contributed by atoms with Crippen LogP contribution < -0.4 is 10.0 Å². The Bertz CT molecular complexity index is 462. The van der Waals surface area contributed by atoms with E-state index in [1.54, 1.807) is 11.3 Å². The molecule has 1 saturated heterocycles. The Hall–Kier alpha value is -0.430. The van der Waals surface area contributed by atoms with Gasteiger partial charge < -0.3 is 5.32 Å². The van der Waals surface area contributed by atoms with Crippen molar-refractivity contribution in [2.24, 2.45) is 0 Å². The number of nitrogens with one attached hydrogen (secondary N) is 2. The van der Waals surface area contributed by atoms with Crippen LogP contribution in [-0.2, 0) is 16.6 Å². The van der Waals surface area contributed by atoms with Crippen molar-refractivity contribution < 1.29 is 8.42 Å². The van der Waals surface area contributed by atoms with Gasteiger partial charge >= 0.3 is 0 Å². The Morgan fingerprint density at radius 3 is 3.00 bits per heavy atom. The monoisotopic (exact) mass is 274 g/mol. The molecule has 0 bridgehead atoms. The van der Waals surface area contributed by atoms with Crippen LogP contribution in [-0.4, -0.2) is 26.8 Å². The van der Waals surface area contributed by atoms with Gasteiger partial charge in [-0.2, -0.15) is 0 Å². The van der Waals surface area contributed by atoms with E-state index in [1.165, 1.54) is 0 Å². The van der Waals surface area contributed by atoms with E-state index in [9.17, 15) is 8.42 Å². The van der Waals surface area contributed by atoms with Crippen LogP contribution in [0.1, 0.15) is 23.3 Å². The van der Waals surface area contributed by atoms with Crippen LogP contribution in [0.5, 0.6) is 0 Å². The van der Waals surface area contributed by atoms with Crippen molar-refractivity contribution in [3.8, 4) is 0 Å². The minimum Gasteiger partial charge on any atom is -0.313 e. The summed E-state index contributed by atoms with van der Waals surface area (Å²) >= 11 is 1.59. The van der Waals surface area contributed by atoms with Crippen molar-refractivity contribution in [3.05, 3.63) is 21.9 Å². The molecule has 1 aromatic rings. The second-order valence-corrected chi connectivity index (χ2v) is 7.27.